The molecule has 0 spiro atoms. The highest BCUT2D eigenvalue weighted by Crippen LogP contribution is 2.20. The molecule has 1 aromatic rings. The van der Waals surface area contributed by atoms with Gasteiger partial charge in [0, 0.05) is 31.4 Å². The van der Waals surface area contributed by atoms with Crippen molar-refractivity contribution >= 4 is 5.69 Å². The lowest BCUT2D eigenvalue weighted by atomic mass is 10.1. The van der Waals surface area contributed by atoms with Crippen molar-refractivity contribution in [2.75, 3.05) is 18.6 Å². The summed E-state index contributed by atoms with van der Waals surface area (Å²) >= 11 is 0. The Morgan fingerprint density at radius 3 is 2.53 bits per heavy atom. The second-order valence-electron chi connectivity index (χ2n) is 4.96. The fraction of sp³-hybridized carbons (Fsp3) is 0.571. The maximum absolute atomic E-state index is 9.12. The Kier molecular flexibility index (Phi) is 4.02. The van der Waals surface area contributed by atoms with Crippen molar-refractivity contribution in [1.29, 1.82) is 0 Å². The summed E-state index contributed by atoms with van der Waals surface area (Å²) in [6, 6.07) is 9.47. The molecule has 17 heavy (non-hydrogen) atoms. The van der Waals surface area contributed by atoms with Crippen molar-refractivity contribution in [2.24, 2.45) is 0 Å². The van der Waals surface area contributed by atoms with Crippen LogP contribution in [0.5, 0.6) is 0 Å². The number of rotatable bonds is 6. The van der Waals surface area contributed by atoms with Gasteiger partial charge in [-0.15, -0.1) is 0 Å². The second-order valence-corrected chi connectivity index (χ2v) is 4.96. The average molecular weight is 234 g/mol. The van der Waals surface area contributed by atoms with Crippen LogP contribution in [0.25, 0.3) is 0 Å². The Morgan fingerprint density at radius 2 is 2.00 bits per heavy atom. The molecule has 0 amide bonds. The lowest BCUT2D eigenvalue weighted by Gasteiger charge is -2.25. The van der Waals surface area contributed by atoms with E-state index in [1.165, 1.54) is 18.4 Å². The van der Waals surface area contributed by atoms with Gasteiger partial charge >= 0.3 is 0 Å². The molecule has 1 aromatic carbocycles. The van der Waals surface area contributed by atoms with Crippen LogP contribution in [-0.2, 0) is 6.54 Å². The van der Waals surface area contributed by atoms with E-state index in [-0.39, 0.29) is 12.6 Å². The molecular formula is C14H22N2O. The number of aliphatic hydroxyl groups is 1. The van der Waals surface area contributed by atoms with E-state index in [0.29, 0.717) is 0 Å². The first-order valence-corrected chi connectivity index (χ1v) is 6.36. The van der Waals surface area contributed by atoms with Crippen LogP contribution in [0.3, 0.4) is 0 Å². The predicted octanol–water partition coefficient (Wildman–Crippen LogP) is 1.76. The molecule has 3 nitrogen and oxygen atoms in total. The van der Waals surface area contributed by atoms with Gasteiger partial charge in [0.15, 0.2) is 0 Å². The maximum Gasteiger partial charge on any atom is 0.0632 e. The molecule has 0 aliphatic heterocycles. The quantitative estimate of drug-likeness (QED) is 0.787. The SMILES string of the molecule is CC(CO)N(C)c1ccc(CNC2CC2)cc1. The number of anilines is 1. The van der Waals surface area contributed by atoms with Crippen LogP contribution < -0.4 is 10.2 Å². The van der Waals surface area contributed by atoms with Gasteiger partial charge in [-0.05, 0) is 37.5 Å². The average Bonchev–Trinajstić information content (AvgIpc) is 3.19. The van der Waals surface area contributed by atoms with Crippen molar-refractivity contribution in [1.82, 2.24) is 5.32 Å². The molecule has 3 heteroatoms. The third kappa shape index (κ3) is 3.45. The summed E-state index contributed by atoms with van der Waals surface area (Å²) in [6.45, 7) is 3.16. The van der Waals surface area contributed by atoms with Crippen LogP contribution in [0.2, 0.25) is 0 Å². The summed E-state index contributed by atoms with van der Waals surface area (Å²) in [7, 11) is 2.01. The molecule has 1 atom stereocenters. The number of hydrogen-bond acceptors (Lipinski definition) is 3. The molecule has 1 aliphatic rings. The normalized spacial score (nSPS) is 16.9. The van der Waals surface area contributed by atoms with Gasteiger partial charge in [0.05, 0.1) is 6.61 Å². The third-order valence-electron chi connectivity index (χ3n) is 3.44. The van der Waals surface area contributed by atoms with Crippen LogP contribution in [0.4, 0.5) is 5.69 Å². The van der Waals surface area contributed by atoms with E-state index in [0.717, 1.165) is 18.3 Å². The highest BCUT2D eigenvalue weighted by atomic mass is 16.3. The topological polar surface area (TPSA) is 35.5 Å². The van der Waals surface area contributed by atoms with Gasteiger partial charge in [-0.1, -0.05) is 12.1 Å². The van der Waals surface area contributed by atoms with Crippen LogP contribution in [0.15, 0.2) is 24.3 Å². The van der Waals surface area contributed by atoms with Crippen molar-refractivity contribution in [2.45, 2.75) is 38.4 Å². The molecule has 2 rings (SSSR count). The van der Waals surface area contributed by atoms with Crippen molar-refractivity contribution < 1.29 is 5.11 Å². The molecule has 1 aliphatic carbocycles. The van der Waals surface area contributed by atoms with Gasteiger partial charge in [-0.25, -0.2) is 0 Å². The minimum absolute atomic E-state index is 0.158. The summed E-state index contributed by atoms with van der Waals surface area (Å²) in [5.41, 5.74) is 2.48. The van der Waals surface area contributed by atoms with Gasteiger partial charge in [0.2, 0.25) is 0 Å². The summed E-state index contributed by atoms with van der Waals surface area (Å²) < 4.78 is 0. The lowest BCUT2D eigenvalue weighted by molar-refractivity contribution is 0.270. The van der Waals surface area contributed by atoms with E-state index < -0.39 is 0 Å². The lowest BCUT2D eigenvalue weighted by Crippen LogP contribution is -2.31. The smallest absolute Gasteiger partial charge is 0.0632 e. The van der Waals surface area contributed by atoms with Crippen LogP contribution >= 0.6 is 0 Å². The monoisotopic (exact) mass is 234 g/mol. The van der Waals surface area contributed by atoms with Gasteiger partial charge < -0.3 is 15.3 Å². The fourth-order valence-electron chi connectivity index (χ4n) is 1.78. The summed E-state index contributed by atoms with van der Waals surface area (Å²) in [5.74, 6) is 0. The van der Waals surface area contributed by atoms with Crippen molar-refractivity contribution in [3.8, 4) is 0 Å². The second kappa shape index (κ2) is 5.52. The first-order chi connectivity index (χ1) is 8.20. The minimum atomic E-state index is 0.158. The molecule has 0 aromatic heterocycles. The highest BCUT2D eigenvalue weighted by Gasteiger charge is 2.19. The molecule has 1 saturated carbocycles. The standard InChI is InChI=1S/C14H22N2O/c1-11(10-17)16(2)14-7-3-12(4-8-14)9-15-13-5-6-13/h3-4,7-8,11,13,15,17H,5-6,9-10H2,1-2H3. The number of aliphatic hydroxyl groups excluding tert-OH is 1. The minimum Gasteiger partial charge on any atom is -0.394 e. The third-order valence-corrected chi connectivity index (χ3v) is 3.44. The molecule has 0 heterocycles. The first kappa shape index (κ1) is 12.4. The molecule has 0 radical (unpaired) electrons. The van der Waals surface area contributed by atoms with Crippen LogP contribution in [0.1, 0.15) is 25.3 Å². The van der Waals surface area contributed by atoms with E-state index in [1.807, 2.05) is 14.0 Å². The largest absolute Gasteiger partial charge is 0.394 e. The van der Waals surface area contributed by atoms with Gasteiger partial charge in [0.25, 0.3) is 0 Å². The van der Waals surface area contributed by atoms with Gasteiger partial charge in [-0.3, -0.25) is 0 Å². The van der Waals surface area contributed by atoms with E-state index in [4.69, 9.17) is 5.11 Å². The Labute approximate surface area is 103 Å². The zero-order valence-corrected chi connectivity index (χ0v) is 10.7. The number of hydrogen-bond donors (Lipinski definition) is 2. The number of likely N-dealkylation sites (N-methyl/N-ethyl adjacent to an activating group) is 1. The van der Waals surface area contributed by atoms with Crippen LogP contribution in [-0.4, -0.2) is 30.8 Å². The number of benzene rings is 1. The van der Waals surface area contributed by atoms with Crippen molar-refractivity contribution in [3.05, 3.63) is 29.8 Å². The van der Waals surface area contributed by atoms with E-state index in [2.05, 4.69) is 34.5 Å². The molecule has 1 fully saturated rings. The summed E-state index contributed by atoms with van der Waals surface area (Å²) in [4.78, 5) is 2.10. The molecule has 1 unspecified atom stereocenters. The molecule has 94 valence electrons. The highest BCUT2D eigenvalue weighted by molar-refractivity contribution is 5.47. The van der Waals surface area contributed by atoms with E-state index in [1.54, 1.807) is 0 Å². The fourth-order valence-corrected chi connectivity index (χ4v) is 1.78. The zero-order chi connectivity index (χ0) is 12.3. The molecule has 2 N–H and O–H groups in total. The number of nitrogens with one attached hydrogen (secondary N) is 1. The summed E-state index contributed by atoms with van der Waals surface area (Å²) in [5, 5.41) is 12.6. The van der Waals surface area contributed by atoms with Gasteiger partial charge in [-0.2, -0.15) is 0 Å². The van der Waals surface area contributed by atoms with E-state index in [9.17, 15) is 0 Å². The van der Waals surface area contributed by atoms with Crippen molar-refractivity contribution in [3.63, 3.8) is 0 Å². The molecule has 0 bridgehead atoms. The number of nitrogens with zero attached hydrogens (tertiary/aromatic N) is 1. The Balaban J connectivity index is 1.91. The maximum atomic E-state index is 9.12. The Bertz CT molecular complexity index is 346. The Hall–Kier alpha value is -1.06. The molecule has 0 saturated heterocycles. The summed E-state index contributed by atoms with van der Waals surface area (Å²) in [6.07, 6.45) is 2.66. The Morgan fingerprint density at radius 1 is 1.35 bits per heavy atom. The first-order valence-electron chi connectivity index (χ1n) is 6.36. The van der Waals surface area contributed by atoms with Gasteiger partial charge in [0.1, 0.15) is 0 Å². The zero-order valence-electron chi connectivity index (χ0n) is 10.7. The van der Waals surface area contributed by atoms with Crippen LogP contribution in [0, 0.1) is 0 Å². The molecular weight excluding hydrogens is 212 g/mol. The predicted molar refractivity (Wildman–Crippen MR) is 71.3 cm³/mol. The van der Waals surface area contributed by atoms with E-state index >= 15 is 0 Å².